The summed E-state index contributed by atoms with van der Waals surface area (Å²) in [5.74, 6) is 2.39. The molecule has 0 fully saturated rings. The Kier molecular flexibility index (Phi) is 6.33. The van der Waals surface area contributed by atoms with Gasteiger partial charge >= 0.3 is 0 Å². The molecule has 3 aromatic heterocycles. The number of fused-ring (bicyclic) bond motifs is 20. The summed E-state index contributed by atoms with van der Waals surface area (Å²) in [6.07, 6.45) is 0. The summed E-state index contributed by atoms with van der Waals surface area (Å²) in [6, 6.07) is 32.2. The number of nitrogens with zero attached hydrogens (tertiary/aromatic N) is 6. The molecule has 7 aromatic rings. The molecule has 2 aliphatic rings. The van der Waals surface area contributed by atoms with E-state index in [-0.39, 0.29) is 38.8 Å². The van der Waals surface area contributed by atoms with E-state index < -0.39 is 0 Å². The van der Waals surface area contributed by atoms with Crippen LogP contribution in [0.2, 0.25) is 0 Å². The number of benzene rings is 4. The largest absolute Gasteiger partial charge is 0.324 e. The fourth-order valence-corrected chi connectivity index (χ4v) is 5.59. The average molecular weight is 617 g/mol. The van der Waals surface area contributed by atoms with Crippen LogP contribution in [0.15, 0.2) is 97.1 Å². The molecule has 0 unspecified atom stereocenters. The summed E-state index contributed by atoms with van der Waals surface area (Å²) in [4.78, 5) is 36.8. The first-order valence-electron chi connectivity index (χ1n) is 13.0. The normalized spacial score (nSPS) is 11.4. The summed E-state index contributed by atoms with van der Waals surface area (Å²) in [5, 5.41) is 3.82. The van der Waals surface area contributed by atoms with Crippen molar-refractivity contribution in [2.24, 2.45) is 0 Å². The van der Waals surface area contributed by atoms with Crippen molar-refractivity contribution in [3.8, 4) is 45.6 Å². The molecule has 5 heterocycles. The molecular formula is C32H18MnN8Ti. The minimum atomic E-state index is 0. The van der Waals surface area contributed by atoms with Crippen LogP contribution in [0.5, 0.6) is 0 Å². The van der Waals surface area contributed by atoms with E-state index in [1.165, 1.54) is 0 Å². The summed E-state index contributed by atoms with van der Waals surface area (Å²) in [6.45, 7) is 0. The molecule has 9 rings (SSSR count). The number of rotatable bonds is 0. The monoisotopic (exact) mass is 617 g/mol. The first kappa shape index (κ1) is 26.4. The molecule has 8 bridgehead atoms. The zero-order chi connectivity index (χ0) is 26.2. The average Bonchev–Trinajstić information content (AvgIpc) is 3.73. The van der Waals surface area contributed by atoms with Crippen LogP contribution in [0.1, 0.15) is 0 Å². The fraction of sp³-hybridized carbons (Fsp3) is 0. The van der Waals surface area contributed by atoms with Gasteiger partial charge in [-0.05, 0) is 0 Å². The summed E-state index contributed by atoms with van der Waals surface area (Å²) < 4.78 is 0. The third-order valence-corrected chi connectivity index (χ3v) is 7.46. The molecule has 1 radical (unpaired) electrons. The summed E-state index contributed by atoms with van der Waals surface area (Å²) >= 11 is 0. The molecule has 10 heteroatoms. The van der Waals surface area contributed by atoms with Crippen molar-refractivity contribution in [3.05, 3.63) is 97.1 Å². The van der Waals surface area contributed by atoms with Crippen LogP contribution in [0.4, 0.5) is 0 Å². The van der Waals surface area contributed by atoms with Crippen LogP contribution in [0, 0.1) is 0 Å². The van der Waals surface area contributed by atoms with E-state index in [0.29, 0.717) is 45.9 Å². The van der Waals surface area contributed by atoms with Gasteiger partial charge in [0.1, 0.15) is 22.6 Å². The second-order valence-corrected chi connectivity index (χ2v) is 9.79. The Labute approximate surface area is 264 Å². The molecule has 42 heavy (non-hydrogen) atoms. The molecule has 8 nitrogen and oxygen atoms in total. The summed E-state index contributed by atoms with van der Waals surface area (Å²) in [7, 11) is 0. The Hall–Kier alpha value is -4.53. The Morgan fingerprint density at radius 3 is 0.833 bits per heavy atom. The summed E-state index contributed by atoms with van der Waals surface area (Å²) in [5.41, 5.74) is 6.45. The zero-order valence-corrected chi connectivity index (χ0v) is 24.5. The van der Waals surface area contributed by atoms with E-state index in [9.17, 15) is 0 Å². The number of nitrogens with one attached hydrogen (secondary N) is 2. The van der Waals surface area contributed by atoms with Crippen molar-refractivity contribution in [2.75, 3.05) is 0 Å². The van der Waals surface area contributed by atoms with Crippen molar-refractivity contribution < 1.29 is 38.8 Å². The topological polar surface area (TPSA) is 109 Å². The van der Waals surface area contributed by atoms with Gasteiger partial charge in [0.05, 0.1) is 0 Å². The molecule has 197 valence electrons. The number of aromatic nitrogens is 8. The third-order valence-electron chi connectivity index (χ3n) is 7.46. The van der Waals surface area contributed by atoms with Crippen LogP contribution in [-0.2, 0) is 38.8 Å². The van der Waals surface area contributed by atoms with Crippen molar-refractivity contribution in [1.82, 2.24) is 39.9 Å². The van der Waals surface area contributed by atoms with Gasteiger partial charge in [-0.1, -0.05) is 97.1 Å². The first-order chi connectivity index (χ1) is 19.8. The van der Waals surface area contributed by atoms with Crippen molar-refractivity contribution >= 4 is 44.1 Å². The maximum Gasteiger partial charge on any atom is 0.164 e. The predicted molar refractivity (Wildman–Crippen MR) is 156 cm³/mol. The molecule has 4 aromatic carbocycles. The molecule has 0 aliphatic carbocycles. The van der Waals surface area contributed by atoms with Gasteiger partial charge in [0.2, 0.25) is 0 Å². The molecule has 0 saturated heterocycles. The molecular weight excluding hydrogens is 599 g/mol. The number of hydrogen-bond acceptors (Lipinski definition) is 6. The number of aromatic amines is 2. The van der Waals surface area contributed by atoms with E-state index in [1.807, 2.05) is 97.1 Å². The molecule has 2 N–H and O–H groups in total. The van der Waals surface area contributed by atoms with Gasteiger partial charge in [0.25, 0.3) is 0 Å². The van der Waals surface area contributed by atoms with Crippen molar-refractivity contribution in [2.45, 2.75) is 0 Å². The van der Waals surface area contributed by atoms with E-state index in [4.69, 9.17) is 29.9 Å². The van der Waals surface area contributed by atoms with Crippen molar-refractivity contribution in [1.29, 1.82) is 0 Å². The minimum Gasteiger partial charge on any atom is -0.324 e. The molecule has 2 aliphatic heterocycles. The van der Waals surface area contributed by atoms with Gasteiger partial charge in [-0.25, -0.2) is 29.9 Å². The van der Waals surface area contributed by atoms with E-state index in [1.54, 1.807) is 0 Å². The van der Waals surface area contributed by atoms with E-state index >= 15 is 0 Å². The Balaban J connectivity index is 0.00000144. The van der Waals surface area contributed by atoms with E-state index in [2.05, 4.69) is 9.97 Å². The minimum absolute atomic E-state index is 0. The smallest absolute Gasteiger partial charge is 0.164 e. The third kappa shape index (κ3) is 3.94. The van der Waals surface area contributed by atoms with Gasteiger partial charge in [0.15, 0.2) is 23.3 Å². The van der Waals surface area contributed by atoms with Gasteiger partial charge < -0.3 is 9.97 Å². The molecule has 0 saturated carbocycles. The Morgan fingerprint density at radius 1 is 0.333 bits per heavy atom. The predicted octanol–water partition coefficient (Wildman–Crippen LogP) is 6.86. The second kappa shape index (κ2) is 10.1. The van der Waals surface area contributed by atoms with Crippen LogP contribution in [-0.4, -0.2) is 39.9 Å². The van der Waals surface area contributed by atoms with E-state index in [0.717, 1.165) is 43.8 Å². The van der Waals surface area contributed by atoms with Crippen LogP contribution < -0.4 is 0 Å². The number of hydrogen-bond donors (Lipinski definition) is 2. The standard InChI is InChI=1S/C32H18N8.Mn.Ti/c1-2-10-18-17(9-1)25-33-26(18)38-28-21-13-5-6-14-22(21)30(35-28)40-32-24-16-8-7-15-23(24)31(36-32)39-29-20-12-4-3-11-19(20)27(34-29)37-25;;/h1-16H,(H2,33,34,35,36,37,38,39,40);;. The quantitative estimate of drug-likeness (QED) is 0.180. The Morgan fingerprint density at radius 2 is 0.571 bits per heavy atom. The molecule has 0 spiro atoms. The second-order valence-electron chi connectivity index (χ2n) is 9.79. The van der Waals surface area contributed by atoms with Gasteiger partial charge in [-0.3, -0.25) is 0 Å². The van der Waals surface area contributed by atoms with Crippen molar-refractivity contribution in [3.63, 3.8) is 0 Å². The fourth-order valence-electron chi connectivity index (χ4n) is 5.59. The number of H-pyrrole nitrogens is 2. The van der Waals surface area contributed by atoms with Gasteiger partial charge in [-0.15, -0.1) is 0 Å². The molecule has 0 atom stereocenters. The maximum atomic E-state index is 5.02. The maximum absolute atomic E-state index is 5.02. The first-order valence-corrected chi connectivity index (χ1v) is 13.0. The zero-order valence-electron chi connectivity index (χ0n) is 21.8. The van der Waals surface area contributed by atoms with Crippen LogP contribution >= 0.6 is 0 Å². The van der Waals surface area contributed by atoms with Crippen LogP contribution in [0.25, 0.3) is 89.7 Å². The van der Waals surface area contributed by atoms with Gasteiger partial charge in [-0.2, -0.15) is 0 Å². The Bertz CT molecular complexity index is 2040. The van der Waals surface area contributed by atoms with Crippen LogP contribution in [0.3, 0.4) is 0 Å². The molecule has 0 amide bonds. The SMILES string of the molecule is [Mn].[Ti].c1ccc2c(c1)-c1nc-2nc2[nH]c(nc3nc(nc4[nH]c(n1)c1ccccc41)-c1ccccc1-3)c1ccccc21. The van der Waals surface area contributed by atoms with Gasteiger partial charge in [0, 0.05) is 82.6 Å².